The van der Waals surface area contributed by atoms with E-state index >= 15 is 0 Å². The molecule has 0 N–H and O–H groups in total. The van der Waals surface area contributed by atoms with E-state index in [-0.39, 0.29) is 5.97 Å². The SMILES string of the molecule is CC1(C)[C@@]2(C)CC[C@]1(c1nc(-c3cccnc3)no1)OC2=O. The lowest BCUT2D eigenvalue weighted by Gasteiger charge is -2.33. The molecular formula is C16H17N3O3. The van der Waals surface area contributed by atoms with Crippen LogP contribution in [-0.2, 0) is 15.1 Å². The summed E-state index contributed by atoms with van der Waals surface area (Å²) in [7, 11) is 0. The maximum absolute atomic E-state index is 12.3. The highest BCUT2D eigenvalue weighted by molar-refractivity contribution is 5.82. The van der Waals surface area contributed by atoms with Crippen molar-refractivity contribution in [2.45, 2.75) is 39.2 Å². The van der Waals surface area contributed by atoms with Crippen molar-refractivity contribution in [3.63, 3.8) is 0 Å². The second-order valence-electron chi connectivity index (χ2n) is 6.84. The number of carbonyl (C=O) groups is 1. The molecule has 2 aromatic rings. The molecule has 0 unspecified atom stereocenters. The minimum atomic E-state index is -0.827. The van der Waals surface area contributed by atoms with Crippen LogP contribution in [0.3, 0.4) is 0 Å². The first-order valence-electron chi connectivity index (χ1n) is 7.39. The zero-order chi connectivity index (χ0) is 15.6. The van der Waals surface area contributed by atoms with E-state index in [0.29, 0.717) is 18.1 Å². The maximum Gasteiger partial charge on any atom is 0.313 e. The Morgan fingerprint density at radius 3 is 2.64 bits per heavy atom. The number of fused-ring (bicyclic) bond motifs is 2. The normalized spacial score (nSPS) is 32.2. The molecule has 114 valence electrons. The van der Waals surface area contributed by atoms with Gasteiger partial charge in [0.05, 0.1) is 5.41 Å². The lowest BCUT2D eigenvalue weighted by Crippen LogP contribution is -2.38. The number of pyridine rings is 1. The molecule has 1 aliphatic carbocycles. The van der Waals surface area contributed by atoms with Crippen LogP contribution in [0, 0.1) is 10.8 Å². The van der Waals surface area contributed by atoms with Crippen LogP contribution in [0.2, 0.25) is 0 Å². The van der Waals surface area contributed by atoms with Crippen molar-refractivity contribution < 1.29 is 14.1 Å². The van der Waals surface area contributed by atoms with E-state index in [2.05, 4.69) is 15.1 Å². The summed E-state index contributed by atoms with van der Waals surface area (Å²) in [5, 5.41) is 4.04. The number of esters is 1. The highest BCUT2D eigenvalue weighted by atomic mass is 16.6. The first kappa shape index (κ1) is 13.4. The number of aromatic nitrogens is 3. The molecule has 0 aromatic carbocycles. The second-order valence-corrected chi connectivity index (χ2v) is 6.84. The van der Waals surface area contributed by atoms with Gasteiger partial charge in [-0.2, -0.15) is 4.98 Å². The Hall–Kier alpha value is -2.24. The van der Waals surface area contributed by atoms with E-state index in [9.17, 15) is 4.79 Å². The molecule has 1 saturated heterocycles. The average Bonchev–Trinajstić information content (AvgIpc) is 3.11. The Morgan fingerprint density at radius 2 is 2.05 bits per heavy atom. The highest BCUT2D eigenvalue weighted by Gasteiger charge is 2.75. The van der Waals surface area contributed by atoms with Gasteiger partial charge in [0.25, 0.3) is 5.89 Å². The molecular weight excluding hydrogens is 282 g/mol. The van der Waals surface area contributed by atoms with E-state index in [1.54, 1.807) is 12.4 Å². The standard InChI is InChI=1S/C16H17N3O3/c1-14(2)15(3)6-7-16(14,21-13(15)20)12-18-11(19-22-12)10-5-4-8-17-9-10/h4-5,8-9H,6-7H2,1-3H3/t15-,16+/m0/s1. The van der Waals surface area contributed by atoms with Crippen molar-refractivity contribution >= 4 is 5.97 Å². The van der Waals surface area contributed by atoms with Crippen LogP contribution in [0.4, 0.5) is 0 Å². The van der Waals surface area contributed by atoms with Gasteiger partial charge in [0, 0.05) is 23.4 Å². The van der Waals surface area contributed by atoms with Crippen LogP contribution in [0.15, 0.2) is 29.0 Å². The van der Waals surface area contributed by atoms with Crippen molar-refractivity contribution in [2.24, 2.45) is 10.8 Å². The maximum atomic E-state index is 12.3. The third-order valence-corrected chi connectivity index (χ3v) is 5.77. The predicted octanol–water partition coefficient (Wildman–Crippen LogP) is 2.71. The monoisotopic (exact) mass is 299 g/mol. The van der Waals surface area contributed by atoms with Crippen molar-refractivity contribution in [1.82, 2.24) is 15.1 Å². The van der Waals surface area contributed by atoms with Crippen molar-refractivity contribution in [3.8, 4) is 11.4 Å². The summed E-state index contributed by atoms with van der Waals surface area (Å²) in [5.74, 6) is 0.667. The topological polar surface area (TPSA) is 78.1 Å². The second kappa shape index (κ2) is 3.94. The van der Waals surface area contributed by atoms with Gasteiger partial charge in [0.15, 0.2) is 5.60 Å². The van der Waals surface area contributed by atoms with E-state index < -0.39 is 16.4 Å². The van der Waals surface area contributed by atoms with Crippen LogP contribution >= 0.6 is 0 Å². The molecule has 0 radical (unpaired) electrons. The Morgan fingerprint density at radius 1 is 1.23 bits per heavy atom. The Bertz CT molecular complexity index is 755. The number of hydrogen-bond donors (Lipinski definition) is 0. The molecule has 6 nitrogen and oxygen atoms in total. The number of ether oxygens (including phenoxy) is 1. The third-order valence-electron chi connectivity index (χ3n) is 5.77. The number of rotatable bonds is 2. The number of hydrogen-bond acceptors (Lipinski definition) is 6. The van der Waals surface area contributed by atoms with E-state index in [1.165, 1.54) is 0 Å². The zero-order valence-electron chi connectivity index (χ0n) is 12.8. The number of carbonyl (C=O) groups excluding carboxylic acids is 1. The van der Waals surface area contributed by atoms with E-state index in [4.69, 9.17) is 9.26 Å². The highest BCUT2D eigenvalue weighted by Crippen LogP contribution is 2.69. The quantitative estimate of drug-likeness (QED) is 0.793. The predicted molar refractivity (Wildman–Crippen MR) is 76.4 cm³/mol. The van der Waals surface area contributed by atoms with Gasteiger partial charge in [0.2, 0.25) is 5.82 Å². The molecule has 22 heavy (non-hydrogen) atoms. The largest absolute Gasteiger partial charge is 0.448 e. The Balaban J connectivity index is 1.81. The summed E-state index contributed by atoms with van der Waals surface area (Å²) >= 11 is 0. The molecule has 2 aromatic heterocycles. The van der Waals surface area contributed by atoms with Crippen LogP contribution in [0.5, 0.6) is 0 Å². The molecule has 0 spiro atoms. The minimum absolute atomic E-state index is 0.176. The fraction of sp³-hybridized carbons (Fsp3) is 0.500. The summed E-state index contributed by atoms with van der Waals surface area (Å²) in [6, 6.07) is 3.68. The molecule has 2 fully saturated rings. The van der Waals surface area contributed by atoms with Gasteiger partial charge in [-0.05, 0) is 31.9 Å². The zero-order valence-corrected chi connectivity index (χ0v) is 12.8. The average molecular weight is 299 g/mol. The molecule has 1 saturated carbocycles. The van der Waals surface area contributed by atoms with Gasteiger partial charge in [0.1, 0.15) is 0 Å². The summed E-state index contributed by atoms with van der Waals surface area (Å²) in [5.41, 5.74) is -0.949. The first-order chi connectivity index (χ1) is 10.4. The summed E-state index contributed by atoms with van der Waals surface area (Å²) in [6.07, 6.45) is 4.84. The van der Waals surface area contributed by atoms with Gasteiger partial charge >= 0.3 is 5.97 Å². The van der Waals surface area contributed by atoms with Crippen LogP contribution in [0.25, 0.3) is 11.4 Å². The molecule has 0 amide bonds. The van der Waals surface area contributed by atoms with Crippen LogP contribution < -0.4 is 0 Å². The molecule has 3 heterocycles. The van der Waals surface area contributed by atoms with Crippen molar-refractivity contribution in [2.75, 3.05) is 0 Å². The number of nitrogens with zero attached hydrogens (tertiary/aromatic N) is 3. The van der Waals surface area contributed by atoms with Crippen molar-refractivity contribution in [3.05, 3.63) is 30.4 Å². The summed E-state index contributed by atoms with van der Waals surface area (Å²) < 4.78 is 11.2. The fourth-order valence-electron chi connectivity index (χ4n) is 3.72. The van der Waals surface area contributed by atoms with Gasteiger partial charge in [-0.3, -0.25) is 9.78 Å². The van der Waals surface area contributed by atoms with E-state index in [0.717, 1.165) is 12.0 Å². The summed E-state index contributed by atoms with van der Waals surface area (Å²) in [4.78, 5) is 20.9. The van der Waals surface area contributed by atoms with Gasteiger partial charge in [-0.1, -0.05) is 19.0 Å². The van der Waals surface area contributed by atoms with Crippen molar-refractivity contribution in [1.29, 1.82) is 0 Å². The Kier molecular flexibility index (Phi) is 2.40. The molecule has 2 atom stereocenters. The van der Waals surface area contributed by atoms with Gasteiger partial charge < -0.3 is 9.26 Å². The lowest BCUT2D eigenvalue weighted by molar-refractivity contribution is -0.163. The molecule has 6 heteroatoms. The molecule has 2 bridgehead atoms. The molecule has 4 rings (SSSR count). The molecule has 1 aliphatic heterocycles. The van der Waals surface area contributed by atoms with Crippen LogP contribution in [-0.4, -0.2) is 21.1 Å². The lowest BCUT2D eigenvalue weighted by atomic mass is 9.66. The molecule has 2 aliphatic rings. The van der Waals surface area contributed by atoms with Crippen LogP contribution in [0.1, 0.15) is 39.5 Å². The summed E-state index contributed by atoms with van der Waals surface area (Å²) in [6.45, 7) is 6.04. The van der Waals surface area contributed by atoms with Gasteiger partial charge in [-0.15, -0.1) is 0 Å². The van der Waals surface area contributed by atoms with E-state index in [1.807, 2.05) is 32.9 Å². The third kappa shape index (κ3) is 1.35. The minimum Gasteiger partial charge on any atom is -0.448 e. The fourth-order valence-corrected chi connectivity index (χ4v) is 3.72. The first-order valence-corrected chi connectivity index (χ1v) is 7.39. The smallest absolute Gasteiger partial charge is 0.313 e. The Labute approximate surface area is 127 Å². The van der Waals surface area contributed by atoms with Gasteiger partial charge in [-0.25, -0.2) is 0 Å².